The van der Waals surface area contributed by atoms with Gasteiger partial charge < -0.3 is 11.1 Å². The highest BCUT2D eigenvalue weighted by atomic mass is 19.3. The number of hydrogen-bond acceptors (Lipinski definition) is 3. The summed E-state index contributed by atoms with van der Waals surface area (Å²) < 4.78 is 27.1. The molecule has 2 rings (SSSR count). The van der Waals surface area contributed by atoms with Crippen LogP contribution in [0.4, 0.5) is 8.78 Å². The van der Waals surface area contributed by atoms with E-state index < -0.39 is 5.92 Å². The molecule has 1 aliphatic rings. The van der Waals surface area contributed by atoms with Crippen molar-refractivity contribution in [2.45, 2.75) is 12.0 Å². The maximum atomic E-state index is 13.6. The molecule has 1 fully saturated rings. The van der Waals surface area contributed by atoms with Crippen molar-refractivity contribution in [1.82, 2.24) is 10.2 Å². The molecular weight excluding hydrogens is 248 g/mol. The molecule has 0 aromatic heterocycles. The van der Waals surface area contributed by atoms with Gasteiger partial charge in [0, 0.05) is 37.9 Å². The van der Waals surface area contributed by atoms with Crippen LogP contribution in [-0.2, 0) is 5.92 Å². The Bertz CT molecular complexity index is 442. The summed E-state index contributed by atoms with van der Waals surface area (Å²) in [5, 5.41) is 3.21. The first-order chi connectivity index (χ1) is 9.03. The average Bonchev–Trinajstić information content (AvgIpc) is 2.91. The number of halogens is 2. The molecule has 3 nitrogen and oxygen atoms in total. The summed E-state index contributed by atoms with van der Waals surface area (Å²) in [6.07, 6.45) is 0.655. The van der Waals surface area contributed by atoms with Crippen LogP contribution in [0.25, 0.3) is 0 Å². The smallest absolute Gasteiger partial charge is 0.291 e. The van der Waals surface area contributed by atoms with E-state index in [2.05, 4.69) is 16.8 Å². The lowest BCUT2D eigenvalue weighted by molar-refractivity contribution is 0.0524. The number of nitrogens with zero attached hydrogens (tertiary/aromatic N) is 1. The molecule has 0 spiro atoms. The summed E-state index contributed by atoms with van der Waals surface area (Å²) in [6.45, 7) is 6.52. The quantitative estimate of drug-likeness (QED) is 0.800. The van der Waals surface area contributed by atoms with E-state index in [0.29, 0.717) is 12.6 Å². The zero-order valence-electron chi connectivity index (χ0n) is 10.8. The van der Waals surface area contributed by atoms with E-state index in [0.717, 1.165) is 25.3 Å². The van der Waals surface area contributed by atoms with Crippen molar-refractivity contribution in [3.8, 4) is 0 Å². The predicted molar refractivity (Wildman–Crippen MR) is 71.9 cm³/mol. The van der Waals surface area contributed by atoms with Gasteiger partial charge in [0.25, 0.3) is 5.92 Å². The fraction of sp³-hybridized carbons (Fsp3) is 0.429. The molecule has 3 N–H and O–H groups in total. The van der Waals surface area contributed by atoms with Gasteiger partial charge in [-0.3, -0.25) is 4.90 Å². The van der Waals surface area contributed by atoms with Crippen LogP contribution in [0.15, 0.2) is 36.9 Å². The van der Waals surface area contributed by atoms with Crippen molar-refractivity contribution >= 4 is 0 Å². The fourth-order valence-electron chi connectivity index (χ4n) is 2.19. The van der Waals surface area contributed by atoms with Crippen molar-refractivity contribution in [2.24, 2.45) is 5.73 Å². The summed E-state index contributed by atoms with van der Waals surface area (Å²) in [5.41, 5.74) is 6.76. The van der Waals surface area contributed by atoms with E-state index in [4.69, 9.17) is 5.73 Å². The van der Waals surface area contributed by atoms with Gasteiger partial charge in [-0.05, 0) is 17.7 Å². The summed E-state index contributed by atoms with van der Waals surface area (Å²) >= 11 is 0. The molecule has 1 aromatic carbocycles. The first-order valence-electron chi connectivity index (χ1n) is 6.33. The van der Waals surface area contributed by atoms with Gasteiger partial charge in [0.1, 0.15) is 0 Å². The minimum Gasteiger partial charge on any atom is -0.323 e. The second kappa shape index (κ2) is 5.77. The largest absolute Gasteiger partial charge is 0.323 e. The second-order valence-corrected chi connectivity index (χ2v) is 4.79. The number of benzene rings is 1. The highest BCUT2D eigenvalue weighted by molar-refractivity contribution is 5.31. The molecule has 1 aromatic rings. The number of nitrogens with two attached hydrogens (primary N) is 1. The predicted octanol–water partition coefficient (Wildman–Crippen LogP) is 1.83. The molecular formula is C14H19F2N3. The Morgan fingerprint density at radius 3 is 2.95 bits per heavy atom. The Balaban J connectivity index is 2.11. The zero-order chi connectivity index (χ0) is 13.9. The van der Waals surface area contributed by atoms with Crippen molar-refractivity contribution < 1.29 is 8.78 Å². The molecule has 0 bridgehead atoms. The van der Waals surface area contributed by atoms with Crippen LogP contribution in [-0.4, -0.2) is 31.2 Å². The van der Waals surface area contributed by atoms with Crippen molar-refractivity contribution in [3.63, 3.8) is 0 Å². The number of alkyl halides is 2. The Morgan fingerprint density at radius 1 is 1.53 bits per heavy atom. The second-order valence-electron chi connectivity index (χ2n) is 4.79. The summed E-state index contributed by atoms with van der Waals surface area (Å²) in [5.74, 6) is -3.01. The van der Waals surface area contributed by atoms with Gasteiger partial charge in [-0.2, -0.15) is 8.78 Å². The molecule has 1 heterocycles. The Labute approximate surface area is 112 Å². The zero-order valence-corrected chi connectivity index (χ0v) is 10.8. The Hall–Kier alpha value is -1.30. The first kappa shape index (κ1) is 14.1. The minimum atomic E-state index is -3.01. The molecule has 0 saturated carbocycles. The molecule has 19 heavy (non-hydrogen) atoms. The molecule has 0 amide bonds. The monoisotopic (exact) mass is 267 g/mol. The van der Waals surface area contributed by atoms with Gasteiger partial charge in [0.05, 0.1) is 0 Å². The Morgan fingerprint density at radius 2 is 2.32 bits per heavy atom. The van der Waals surface area contributed by atoms with Crippen molar-refractivity contribution in [1.29, 1.82) is 0 Å². The number of allylic oxidation sites excluding steroid dienone is 1. The standard InChI is InChI=1S/C14H19F2N3/c1-2-14(15,16)12-5-3-4-11(8-12)13(17)9-19-7-6-18-10-19/h2-5,8,13,18H,1,6-7,9-10,17H2. The molecule has 1 aliphatic heterocycles. The lowest BCUT2D eigenvalue weighted by atomic mass is 10.0. The fourth-order valence-corrected chi connectivity index (χ4v) is 2.19. The number of rotatable bonds is 5. The highest BCUT2D eigenvalue weighted by Gasteiger charge is 2.27. The summed E-state index contributed by atoms with van der Waals surface area (Å²) in [4.78, 5) is 2.17. The molecule has 1 unspecified atom stereocenters. The molecule has 0 aliphatic carbocycles. The van der Waals surface area contributed by atoms with Crippen molar-refractivity contribution in [3.05, 3.63) is 48.0 Å². The lowest BCUT2D eigenvalue weighted by Crippen LogP contribution is -2.31. The van der Waals surface area contributed by atoms with Gasteiger partial charge >= 0.3 is 0 Å². The molecule has 1 atom stereocenters. The van der Waals surface area contributed by atoms with Crippen molar-refractivity contribution in [2.75, 3.05) is 26.3 Å². The third-order valence-electron chi connectivity index (χ3n) is 3.35. The summed E-state index contributed by atoms with van der Waals surface area (Å²) in [7, 11) is 0. The van der Waals surface area contributed by atoms with Crippen LogP contribution in [0.1, 0.15) is 17.2 Å². The van der Waals surface area contributed by atoms with E-state index in [1.807, 2.05) is 0 Å². The number of nitrogens with one attached hydrogen (secondary N) is 1. The average molecular weight is 267 g/mol. The van der Waals surface area contributed by atoms with Gasteiger partial charge in [0.15, 0.2) is 0 Å². The third kappa shape index (κ3) is 3.37. The van der Waals surface area contributed by atoms with Gasteiger partial charge in [-0.15, -0.1) is 0 Å². The van der Waals surface area contributed by atoms with E-state index in [1.54, 1.807) is 12.1 Å². The third-order valence-corrected chi connectivity index (χ3v) is 3.35. The normalized spacial score (nSPS) is 18.5. The Kier molecular flexibility index (Phi) is 4.29. The molecule has 0 radical (unpaired) electrons. The van der Waals surface area contributed by atoms with Gasteiger partial charge in [0.2, 0.25) is 0 Å². The SMILES string of the molecule is C=CC(F)(F)c1cccc(C(N)CN2CCNC2)c1. The van der Waals surface area contributed by atoms with Crippen LogP contribution in [0.5, 0.6) is 0 Å². The molecule has 104 valence electrons. The maximum Gasteiger partial charge on any atom is 0.291 e. The van der Waals surface area contributed by atoms with Crippen LogP contribution < -0.4 is 11.1 Å². The topological polar surface area (TPSA) is 41.3 Å². The van der Waals surface area contributed by atoms with Gasteiger partial charge in [-0.1, -0.05) is 24.8 Å². The maximum absolute atomic E-state index is 13.6. The van der Waals surface area contributed by atoms with E-state index >= 15 is 0 Å². The van der Waals surface area contributed by atoms with Crippen LogP contribution >= 0.6 is 0 Å². The highest BCUT2D eigenvalue weighted by Crippen LogP contribution is 2.30. The first-order valence-corrected chi connectivity index (χ1v) is 6.33. The van der Waals surface area contributed by atoms with E-state index in [1.165, 1.54) is 12.1 Å². The lowest BCUT2D eigenvalue weighted by Gasteiger charge is -2.21. The van der Waals surface area contributed by atoms with Crippen LogP contribution in [0.3, 0.4) is 0 Å². The number of hydrogen-bond donors (Lipinski definition) is 2. The van der Waals surface area contributed by atoms with Crippen LogP contribution in [0, 0.1) is 0 Å². The van der Waals surface area contributed by atoms with Gasteiger partial charge in [-0.25, -0.2) is 0 Å². The molecule has 1 saturated heterocycles. The van der Waals surface area contributed by atoms with E-state index in [-0.39, 0.29) is 11.6 Å². The van der Waals surface area contributed by atoms with E-state index in [9.17, 15) is 8.78 Å². The van der Waals surface area contributed by atoms with Crippen LogP contribution in [0.2, 0.25) is 0 Å². The minimum absolute atomic E-state index is 0.0602. The summed E-state index contributed by atoms with van der Waals surface area (Å²) in [6, 6.07) is 6.01. The molecule has 5 heteroatoms.